The number of amides is 1. The number of carboxylic acid groups (broad SMARTS) is 1. The summed E-state index contributed by atoms with van der Waals surface area (Å²) in [7, 11) is 1.57. The molecule has 1 heterocycles. The lowest BCUT2D eigenvalue weighted by Crippen LogP contribution is -2.45. The van der Waals surface area contributed by atoms with Gasteiger partial charge in [-0.15, -0.1) is 0 Å². The average Bonchev–Trinajstić information content (AvgIpc) is 3.07. The van der Waals surface area contributed by atoms with Gasteiger partial charge in [0.2, 0.25) is 5.91 Å². The molecule has 3 aromatic carbocycles. The van der Waals surface area contributed by atoms with Crippen molar-refractivity contribution < 1.29 is 24.2 Å². The summed E-state index contributed by atoms with van der Waals surface area (Å²) < 4.78 is 5.46. The van der Waals surface area contributed by atoms with Crippen LogP contribution in [0.5, 0.6) is 5.75 Å². The number of para-hydroxylation sites is 2. The Morgan fingerprint density at radius 3 is 2.43 bits per heavy atom. The van der Waals surface area contributed by atoms with Crippen molar-refractivity contribution in [3.8, 4) is 5.75 Å². The molecule has 1 fully saturated rings. The van der Waals surface area contributed by atoms with Gasteiger partial charge in [0.05, 0.1) is 36.9 Å². The molecule has 0 bridgehead atoms. The summed E-state index contributed by atoms with van der Waals surface area (Å²) in [6.07, 6.45) is 0.436. The maximum atomic E-state index is 13.9. The highest BCUT2D eigenvalue weighted by atomic mass is 16.5. The fourth-order valence-corrected chi connectivity index (χ4v) is 5.45. The van der Waals surface area contributed by atoms with E-state index < -0.39 is 17.9 Å². The molecule has 1 N–H and O–H groups in total. The minimum absolute atomic E-state index is 0.00363. The Balaban J connectivity index is 1.67. The first-order chi connectivity index (χ1) is 18.0. The van der Waals surface area contributed by atoms with E-state index in [1.807, 2.05) is 78.9 Å². The molecule has 1 aliphatic carbocycles. The lowest BCUT2D eigenvalue weighted by molar-refractivity contribution is -0.138. The predicted octanol–water partition coefficient (Wildman–Crippen LogP) is 5.48. The number of carbonyl (C=O) groups is 3. The third-order valence-corrected chi connectivity index (χ3v) is 7.14. The molecular weight excluding hydrogens is 468 g/mol. The number of aliphatic imine (C=N–C) groups is 1. The van der Waals surface area contributed by atoms with Crippen LogP contribution in [-0.4, -0.2) is 35.6 Å². The van der Waals surface area contributed by atoms with Crippen LogP contribution in [0.3, 0.4) is 0 Å². The lowest BCUT2D eigenvalue weighted by atomic mass is 9.72. The zero-order valence-electron chi connectivity index (χ0n) is 20.5. The number of methoxy groups -OCH3 is 1. The number of nitrogens with zero attached hydrogens (tertiary/aromatic N) is 2. The first kappa shape index (κ1) is 24.4. The van der Waals surface area contributed by atoms with E-state index >= 15 is 0 Å². The van der Waals surface area contributed by atoms with Crippen LogP contribution in [-0.2, 0) is 14.4 Å². The number of carbonyl (C=O) groups excluding carboxylic acids is 2. The second-order valence-electron chi connectivity index (χ2n) is 9.43. The van der Waals surface area contributed by atoms with Gasteiger partial charge in [-0.05, 0) is 47.7 Å². The van der Waals surface area contributed by atoms with Crippen molar-refractivity contribution in [2.45, 2.75) is 37.6 Å². The molecule has 0 spiro atoms. The van der Waals surface area contributed by atoms with E-state index in [1.165, 1.54) is 0 Å². The second kappa shape index (κ2) is 10.4. The summed E-state index contributed by atoms with van der Waals surface area (Å²) in [6, 6.07) is 24.0. The Morgan fingerprint density at radius 2 is 1.68 bits per heavy atom. The molecule has 7 heteroatoms. The van der Waals surface area contributed by atoms with Gasteiger partial charge in [-0.25, -0.2) is 0 Å². The Bertz CT molecular complexity index is 1370. The normalized spacial score (nSPS) is 20.8. The number of fused-ring (bicyclic) bond motifs is 2. The van der Waals surface area contributed by atoms with Gasteiger partial charge in [0, 0.05) is 18.6 Å². The first-order valence-corrected chi connectivity index (χ1v) is 12.4. The van der Waals surface area contributed by atoms with Gasteiger partial charge in [0.25, 0.3) is 0 Å². The zero-order valence-corrected chi connectivity index (χ0v) is 20.5. The number of anilines is 1. The number of benzene rings is 3. The molecule has 3 aromatic rings. The quantitative estimate of drug-likeness (QED) is 0.487. The Hall–Kier alpha value is -4.26. The van der Waals surface area contributed by atoms with E-state index in [4.69, 9.17) is 9.73 Å². The first-order valence-electron chi connectivity index (χ1n) is 12.4. The number of ketones is 1. The minimum Gasteiger partial charge on any atom is -0.497 e. The fourth-order valence-electron chi connectivity index (χ4n) is 5.45. The molecule has 37 heavy (non-hydrogen) atoms. The molecule has 1 saturated carbocycles. The second-order valence-corrected chi connectivity index (χ2v) is 9.43. The van der Waals surface area contributed by atoms with Crippen LogP contribution in [0.1, 0.15) is 48.8 Å². The van der Waals surface area contributed by atoms with Crippen LogP contribution in [0.25, 0.3) is 0 Å². The summed E-state index contributed by atoms with van der Waals surface area (Å²) in [4.78, 5) is 45.5. The SMILES string of the molecule is COc1cccc([C@H]2[C@@H]3C(=O)C[C@@H](c4ccccc4)CC3=Nc3ccccc3N2C(=O)CCC(=O)O)c1. The van der Waals surface area contributed by atoms with E-state index in [0.717, 1.165) is 16.8 Å². The smallest absolute Gasteiger partial charge is 0.303 e. The van der Waals surface area contributed by atoms with Crippen LogP contribution >= 0.6 is 0 Å². The van der Waals surface area contributed by atoms with Gasteiger partial charge in [0.1, 0.15) is 11.5 Å². The maximum Gasteiger partial charge on any atom is 0.303 e. The van der Waals surface area contributed by atoms with Gasteiger partial charge in [-0.2, -0.15) is 0 Å². The fraction of sp³-hybridized carbons (Fsp3) is 0.267. The third kappa shape index (κ3) is 4.89. The van der Waals surface area contributed by atoms with Gasteiger partial charge in [0.15, 0.2) is 0 Å². The number of aliphatic carboxylic acids is 1. The van der Waals surface area contributed by atoms with Crippen LogP contribution in [0.2, 0.25) is 0 Å². The van der Waals surface area contributed by atoms with Crippen molar-refractivity contribution in [1.82, 2.24) is 0 Å². The van der Waals surface area contributed by atoms with Crippen molar-refractivity contribution in [3.63, 3.8) is 0 Å². The Kier molecular flexibility index (Phi) is 6.86. The van der Waals surface area contributed by atoms with Gasteiger partial charge < -0.3 is 14.7 Å². The monoisotopic (exact) mass is 496 g/mol. The molecule has 188 valence electrons. The molecular formula is C30H28N2O5. The maximum absolute atomic E-state index is 13.9. The topological polar surface area (TPSA) is 96.3 Å². The molecule has 5 rings (SSSR count). The average molecular weight is 497 g/mol. The van der Waals surface area contributed by atoms with Crippen LogP contribution in [0, 0.1) is 5.92 Å². The van der Waals surface area contributed by atoms with Crippen molar-refractivity contribution in [3.05, 3.63) is 90.0 Å². The largest absolute Gasteiger partial charge is 0.497 e. The number of Topliss-reactive ketones (excluding diaryl/α,β-unsaturated/α-hetero) is 1. The molecule has 1 amide bonds. The third-order valence-electron chi connectivity index (χ3n) is 7.14. The van der Waals surface area contributed by atoms with Crippen LogP contribution < -0.4 is 9.64 Å². The standard InChI is InChI=1S/C30H28N2O5/c1-37-22-11-7-10-20(16-22)30-29-24(17-21(18-26(29)33)19-8-3-2-4-9-19)31-23-12-5-6-13-25(23)32(30)27(34)14-15-28(35)36/h2-13,16,21,29-30H,14-15,17-18H2,1H3,(H,35,36)/t21-,29-,30-/m0/s1. The van der Waals surface area contributed by atoms with Gasteiger partial charge in [-0.1, -0.05) is 54.6 Å². The molecule has 1 aliphatic heterocycles. The van der Waals surface area contributed by atoms with Crippen molar-refractivity contribution in [1.29, 1.82) is 0 Å². The molecule has 0 unspecified atom stereocenters. The van der Waals surface area contributed by atoms with Gasteiger partial charge in [-0.3, -0.25) is 19.4 Å². The van der Waals surface area contributed by atoms with Gasteiger partial charge >= 0.3 is 5.97 Å². The summed E-state index contributed by atoms with van der Waals surface area (Å²) in [5.41, 5.74) is 3.72. The molecule has 7 nitrogen and oxygen atoms in total. The predicted molar refractivity (Wildman–Crippen MR) is 141 cm³/mol. The Morgan fingerprint density at radius 1 is 0.946 bits per heavy atom. The lowest BCUT2D eigenvalue weighted by Gasteiger charge is -2.39. The van der Waals surface area contributed by atoms with E-state index in [1.54, 1.807) is 12.0 Å². The highest BCUT2D eigenvalue weighted by Crippen LogP contribution is 2.47. The molecule has 3 atom stereocenters. The molecule has 0 saturated heterocycles. The van der Waals surface area contributed by atoms with Crippen LogP contribution in [0.15, 0.2) is 83.9 Å². The minimum atomic E-state index is -1.05. The highest BCUT2D eigenvalue weighted by molar-refractivity contribution is 6.13. The van der Waals surface area contributed by atoms with E-state index in [0.29, 0.717) is 30.0 Å². The number of ether oxygens (including phenoxy) is 1. The Labute approximate surface area is 215 Å². The van der Waals surface area contributed by atoms with E-state index in [-0.39, 0.29) is 30.4 Å². The highest BCUT2D eigenvalue weighted by Gasteiger charge is 2.46. The molecule has 2 aliphatic rings. The van der Waals surface area contributed by atoms with Crippen molar-refractivity contribution in [2.24, 2.45) is 10.9 Å². The summed E-state index contributed by atoms with van der Waals surface area (Å²) >= 11 is 0. The zero-order chi connectivity index (χ0) is 25.9. The van der Waals surface area contributed by atoms with Crippen LogP contribution in [0.4, 0.5) is 11.4 Å². The van der Waals surface area contributed by atoms with Crippen molar-refractivity contribution >= 4 is 34.7 Å². The molecule has 0 aromatic heterocycles. The number of rotatable bonds is 6. The molecule has 0 radical (unpaired) electrons. The van der Waals surface area contributed by atoms with E-state index in [2.05, 4.69) is 0 Å². The summed E-state index contributed by atoms with van der Waals surface area (Å²) in [5.74, 6) is -1.46. The van der Waals surface area contributed by atoms with Crippen molar-refractivity contribution in [2.75, 3.05) is 12.0 Å². The summed E-state index contributed by atoms with van der Waals surface area (Å²) in [6.45, 7) is 0. The number of hydrogen-bond acceptors (Lipinski definition) is 5. The number of hydrogen-bond donors (Lipinski definition) is 1. The summed E-state index contributed by atoms with van der Waals surface area (Å²) in [5, 5.41) is 9.27. The van der Waals surface area contributed by atoms with E-state index in [9.17, 15) is 19.5 Å². The number of carboxylic acids is 1.